The predicted octanol–water partition coefficient (Wildman–Crippen LogP) is 4.90. The van der Waals surface area contributed by atoms with Crippen LogP contribution in [0.25, 0.3) is 6.08 Å². The normalized spacial score (nSPS) is 11.4. The van der Waals surface area contributed by atoms with E-state index in [1.54, 1.807) is 30.4 Å². The molecule has 0 atom stereocenters. The summed E-state index contributed by atoms with van der Waals surface area (Å²) in [5.41, 5.74) is 0.909. The minimum Gasteiger partial charge on any atom is -0.504 e. The van der Waals surface area contributed by atoms with Crippen molar-refractivity contribution >= 4 is 11.9 Å². The molecule has 1 aromatic carbocycles. The van der Waals surface area contributed by atoms with Crippen molar-refractivity contribution in [1.29, 1.82) is 0 Å². The molecule has 3 nitrogen and oxygen atoms in total. The molecule has 0 unspecified atom stereocenters. The second-order valence-corrected chi connectivity index (χ2v) is 5.28. The first kappa shape index (κ1) is 18.0. The summed E-state index contributed by atoms with van der Waals surface area (Å²) >= 11 is 0. The van der Waals surface area contributed by atoms with Gasteiger partial charge in [-0.25, -0.2) is 0 Å². The third-order valence-electron chi connectivity index (χ3n) is 3.41. The molecule has 0 aliphatic carbocycles. The van der Waals surface area contributed by atoms with E-state index >= 15 is 0 Å². The topological polar surface area (TPSA) is 46.5 Å². The number of phenols is 1. The van der Waals surface area contributed by atoms with Gasteiger partial charge in [0.1, 0.15) is 0 Å². The Morgan fingerprint density at radius 2 is 1.95 bits per heavy atom. The molecule has 1 rings (SSSR count). The van der Waals surface area contributed by atoms with Gasteiger partial charge in [-0.05, 0) is 30.2 Å². The molecular formula is C19H26O3. The van der Waals surface area contributed by atoms with Gasteiger partial charge in [0.05, 0.1) is 7.11 Å². The van der Waals surface area contributed by atoms with E-state index in [0.29, 0.717) is 12.2 Å². The number of aromatic hydroxyl groups is 1. The van der Waals surface area contributed by atoms with Crippen molar-refractivity contribution in [3.63, 3.8) is 0 Å². The minimum atomic E-state index is 0.119. The summed E-state index contributed by atoms with van der Waals surface area (Å²) in [5.74, 6) is 0.729. The molecule has 120 valence electrons. The first-order chi connectivity index (χ1) is 10.7. The summed E-state index contributed by atoms with van der Waals surface area (Å²) in [6.45, 7) is 2.18. The molecule has 0 amide bonds. The van der Waals surface area contributed by atoms with Crippen LogP contribution in [0, 0.1) is 0 Å². The fourth-order valence-corrected chi connectivity index (χ4v) is 2.11. The molecule has 0 heterocycles. The fourth-order valence-electron chi connectivity index (χ4n) is 2.11. The number of rotatable bonds is 10. The van der Waals surface area contributed by atoms with Gasteiger partial charge in [-0.3, -0.25) is 4.79 Å². The number of allylic oxidation sites excluding steroid dienone is 3. The molecule has 0 fully saturated rings. The molecule has 0 saturated heterocycles. The number of ketones is 1. The van der Waals surface area contributed by atoms with E-state index in [1.807, 2.05) is 12.2 Å². The Kier molecular flexibility index (Phi) is 8.73. The highest BCUT2D eigenvalue weighted by Crippen LogP contribution is 2.26. The van der Waals surface area contributed by atoms with Crippen LogP contribution in [0.2, 0.25) is 0 Å². The molecule has 0 spiro atoms. The fraction of sp³-hybridized carbons (Fsp3) is 0.421. The smallest absolute Gasteiger partial charge is 0.161 e. The first-order valence-corrected chi connectivity index (χ1v) is 7.92. The first-order valence-electron chi connectivity index (χ1n) is 7.92. The zero-order valence-corrected chi connectivity index (χ0v) is 13.5. The molecule has 0 radical (unpaired) electrons. The average Bonchev–Trinajstić information content (AvgIpc) is 2.52. The molecular weight excluding hydrogens is 276 g/mol. The number of carbonyl (C=O) groups excluding carboxylic acids is 1. The van der Waals surface area contributed by atoms with Crippen LogP contribution in [0.3, 0.4) is 0 Å². The second kappa shape index (κ2) is 10.7. The van der Waals surface area contributed by atoms with Crippen molar-refractivity contribution < 1.29 is 14.6 Å². The molecule has 0 bridgehead atoms. The molecule has 22 heavy (non-hydrogen) atoms. The molecule has 0 aliphatic rings. The van der Waals surface area contributed by atoms with Crippen molar-refractivity contribution in [2.24, 2.45) is 0 Å². The summed E-state index contributed by atoms with van der Waals surface area (Å²) in [6.07, 6.45) is 13.5. The summed E-state index contributed by atoms with van der Waals surface area (Å²) in [5, 5.41) is 9.51. The Bertz CT molecular complexity index is 515. The number of unbranched alkanes of at least 4 members (excludes halogenated alkanes) is 4. The summed E-state index contributed by atoms with van der Waals surface area (Å²) in [4.78, 5) is 11.7. The maximum atomic E-state index is 11.7. The Balaban J connectivity index is 2.36. The average molecular weight is 302 g/mol. The maximum absolute atomic E-state index is 11.7. The lowest BCUT2D eigenvalue weighted by molar-refractivity contribution is -0.114. The van der Waals surface area contributed by atoms with Gasteiger partial charge in [-0.1, -0.05) is 56.9 Å². The number of hydrogen-bond acceptors (Lipinski definition) is 3. The van der Waals surface area contributed by atoms with Crippen LogP contribution in [-0.2, 0) is 4.79 Å². The lowest BCUT2D eigenvalue weighted by Crippen LogP contribution is -1.91. The highest BCUT2D eigenvalue weighted by molar-refractivity contribution is 5.89. The Morgan fingerprint density at radius 1 is 1.18 bits per heavy atom. The zero-order valence-electron chi connectivity index (χ0n) is 13.5. The van der Waals surface area contributed by atoms with Gasteiger partial charge < -0.3 is 9.84 Å². The van der Waals surface area contributed by atoms with Crippen LogP contribution >= 0.6 is 0 Å². The standard InChI is InChI=1S/C19H26O3/c1-3-4-5-6-7-11-17(20)12-9-8-10-16-13-14-18(21)19(15-16)22-2/h8-10,12-15,21H,3-7,11H2,1-2H3. The monoisotopic (exact) mass is 302 g/mol. The Morgan fingerprint density at radius 3 is 2.68 bits per heavy atom. The van der Waals surface area contributed by atoms with E-state index in [4.69, 9.17) is 4.74 Å². The summed E-state index contributed by atoms with van der Waals surface area (Å²) < 4.78 is 5.05. The number of benzene rings is 1. The van der Waals surface area contributed by atoms with Gasteiger partial charge >= 0.3 is 0 Å². The van der Waals surface area contributed by atoms with E-state index in [2.05, 4.69) is 6.92 Å². The lowest BCUT2D eigenvalue weighted by Gasteiger charge is -2.03. The van der Waals surface area contributed by atoms with E-state index in [-0.39, 0.29) is 11.5 Å². The number of phenolic OH excluding ortho intramolecular Hbond substituents is 1. The van der Waals surface area contributed by atoms with Crippen LogP contribution < -0.4 is 4.74 Å². The van der Waals surface area contributed by atoms with Crippen molar-refractivity contribution in [3.8, 4) is 11.5 Å². The Labute approximate surface area is 133 Å². The Hall–Kier alpha value is -2.03. The van der Waals surface area contributed by atoms with Crippen molar-refractivity contribution in [3.05, 3.63) is 42.0 Å². The highest BCUT2D eigenvalue weighted by Gasteiger charge is 2.00. The predicted molar refractivity (Wildman–Crippen MR) is 91.2 cm³/mol. The van der Waals surface area contributed by atoms with Crippen molar-refractivity contribution in [2.45, 2.75) is 45.4 Å². The third-order valence-corrected chi connectivity index (χ3v) is 3.41. The van der Waals surface area contributed by atoms with Crippen molar-refractivity contribution in [2.75, 3.05) is 7.11 Å². The highest BCUT2D eigenvalue weighted by atomic mass is 16.5. The van der Waals surface area contributed by atoms with Crippen LogP contribution in [0.15, 0.2) is 36.4 Å². The molecule has 0 saturated carbocycles. The molecule has 3 heteroatoms. The second-order valence-electron chi connectivity index (χ2n) is 5.28. The maximum Gasteiger partial charge on any atom is 0.161 e. The number of hydrogen-bond donors (Lipinski definition) is 1. The van der Waals surface area contributed by atoms with E-state index in [9.17, 15) is 9.90 Å². The molecule has 1 N–H and O–H groups in total. The largest absolute Gasteiger partial charge is 0.504 e. The lowest BCUT2D eigenvalue weighted by atomic mass is 10.1. The van der Waals surface area contributed by atoms with Gasteiger partial charge in [0.25, 0.3) is 0 Å². The van der Waals surface area contributed by atoms with Gasteiger partial charge in [0, 0.05) is 6.42 Å². The third kappa shape index (κ3) is 7.11. The van der Waals surface area contributed by atoms with E-state index < -0.39 is 0 Å². The van der Waals surface area contributed by atoms with Crippen LogP contribution in [0.1, 0.15) is 51.0 Å². The number of methoxy groups -OCH3 is 1. The van der Waals surface area contributed by atoms with Gasteiger partial charge in [0.2, 0.25) is 0 Å². The quantitative estimate of drug-likeness (QED) is 0.380. The van der Waals surface area contributed by atoms with Gasteiger partial charge in [-0.15, -0.1) is 0 Å². The van der Waals surface area contributed by atoms with Crippen LogP contribution in [-0.4, -0.2) is 18.0 Å². The minimum absolute atomic E-state index is 0.119. The SMILES string of the molecule is CCCCCCCC(=O)C=CC=Cc1ccc(O)c(OC)c1. The zero-order chi connectivity index (χ0) is 16.2. The summed E-state index contributed by atoms with van der Waals surface area (Å²) in [6, 6.07) is 5.12. The van der Waals surface area contributed by atoms with Gasteiger partial charge in [-0.2, -0.15) is 0 Å². The van der Waals surface area contributed by atoms with Crippen LogP contribution in [0.5, 0.6) is 11.5 Å². The number of ether oxygens (including phenoxy) is 1. The molecule has 0 aliphatic heterocycles. The molecule has 0 aromatic heterocycles. The van der Waals surface area contributed by atoms with E-state index in [0.717, 1.165) is 18.4 Å². The number of carbonyl (C=O) groups is 1. The van der Waals surface area contributed by atoms with Crippen molar-refractivity contribution in [1.82, 2.24) is 0 Å². The summed E-state index contributed by atoms with van der Waals surface area (Å²) in [7, 11) is 1.52. The van der Waals surface area contributed by atoms with E-state index in [1.165, 1.54) is 26.4 Å². The van der Waals surface area contributed by atoms with Crippen LogP contribution in [0.4, 0.5) is 0 Å². The van der Waals surface area contributed by atoms with Gasteiger partial charge in [0.15, 0.2) is 17.3 Å². The molecule has 1 aromatic rings.